The summed E-state index contributed by atoms with van der Waals surface area (Å²) in [6.07, 6.45) is 0. The van der Waals surface area contributed by atoms with Crippen LogP contribution >= 0.6 is 11.8 Å². The van der Waals surface area contributed by atoms with Gasteiger partial charge < -0.3 is 11.5 Å². The number of nitrogen functional groups attached to an aromatic ring is 1. The average Bonchev–Trinajstić information content (AvgIpc) is 2.27. The van der Waals surface area contributed by atoms with Gasteiger partial charge in [0.2, 0.25) is 0 Å². The zero-order valence-corrected chi connectivity index (χ0v) is 11.0. The number of nitrogens with two attached hydrogens (primary N) is 2. The Morgan fingerprint density at radius 1 is 1.33 bits per heavy atom. The number of aliphatic imine (C=N–C) groups is 1. The van der Waals surface area contributed by atoms with E-state index in [1.54, 1.807) is 11.8 Å². The van der Waals surface area contributed by atoms with E-state index in [1.165, 1.54) is 6.07 Å². The summed E-state index contributed by atoms with van der Waals surface area (Å²) in [5, 5.41) is 0. The van der Waals surface area contributed by atoms with E-state index in [9.17, 15) is 8.78 Å². The maximum Gasteiger partial charge on any atom is 0.164 e. The van der Waals surface area contributed by atoms with Crippen LogP contribution in [-0.4, -0.2) is 16.3 Å². The van der Waals surface area contributed by atoms with Gasteiger partial charge in [0.15, 0.2) is 11.6 Å². The minimum absolute atomic E-state index is 0.165. The third kappa shape index (κ3) is 2.29. The topological polar surface area (TPSA) is 64.4 Å². The van der Waals surface area contributed by atoms with Crippen LogP contribution in [0.2, 0.25) is 0 Å². The number of hydrogen-bond donors (Lipinski definition) is 2. The number of amidine groups is 1. The van der Waals surface area contributed by atoms with Crippen molar-refractivity contribution in [3.63, 3.8) is 0 Å². The van der Waals surface area contributed by atoms with Crippen LogP contribution in [0.25, 0.3) is 0 Å². The lowest BCUT2D eigenvalue weighted by molar-refractivity contribution is 0.493. The van der Waals surface area contributed by atoms with Crippen molar-refractivity contribution in [3.8, 4) is 0 Å². The molecule has 0 radical (unpaired) electrons. The Morgan fingerprint density at radius 2 is 2.00 bits per heavy atom. The van der Waals surface area contributed by atoms with Gasteiger partial charge >= 0.3 is 0 Å². The van der Waals surface area contributed by atoms with Gasteiger partial charge in [-0.25, -0.2) is 8.78 Å². The van der Waals surface area contributed by atoms with Crippen LogP contribution in [0.1, 0.15) is 25.5 Å². The second kappa shape index (κ2) is 4.42. The van der Waals surface area contributed by atoms with Gasteiger partial charge in [-0.3, -0.25) is 4.99 Å². The molecule has 1 aliphatic heterocycles. The van der Waals surface area contributed by atoms with Crippen LogP contribution in [0.5, 0.6) is 0 Å². The van der Waals surface area contributed by atoms with E-state index in [0.717, 1.165) is 6.07 Å². The fourth-order valence-electron chi connectivity index (χ4n) is 1.76. The molecule has 18 heavy (non-hydrogen) atoms. The Balaban J connectivity index is 2.43. The first kappa shape index (κ1) is 13.1. The van der Waals surface area contributed by atoms with Crippen LogP contribution in [0.15, 0.2) is 17.1 Å². The third-order valence-electron chi connectivity index (χ3n) is 2.95. The lowest BCUT2D eigenvalue weighted by Gasteiger charge is -2.31. The van der Waals surface area contributed by atoms with E-state index < -0.39 is 17.7 Å². The fourth-order valence-corrected chi connectivity index (χ4v) is 2.78. The molecular formula is C12H15F2N3S. The van der Waals surface area contributed by atoms with Gasteiger partial charge in [-0.05, 0) is 26.0 Å². The summed E-state index contributed by atoms with van der Waals surface area (Å²) < 4.78 is 26.8. The van der Waals surface area contributed by atoms with Crippen molar-refractivity contribution in [1.82, 2.24) is 0 Å². The number of hydrogen-bond acceptors (Lipinski definition) is 4. The number of thioether (sulfide) groups is 1. The normalized spacial score (nSPS) is 22.7. The second-order valence-corrected chi connectivity index (χ2v) is 6.40. The first-order valence-corrected chi connectivity index (χ1v) is 6.52. The van der Waals surface area contributed by atoms with Crippen molar-refractivity contribution < 1.29 is 8.78 Å². The molecule has 1 unspecified atom stereocenters. The van der Waals surface area contributed by atoms with E-state index in [4.69, 9.17) is 11.5 Å². The zero-order valence-electron chi connectivity index (χ0n) is 10.2. The summed E-state index contributed by atoms with van der Waals surface area (Å²) in [5.74, 6) is -0.862. The Hall–Kier alpha value is -1.30. The van der Waals surface area contributed by atoms with Gasteiger partial charge in [0, 0.05) is 17.0 Å². The maximum atomic E-state index is 13.7. The van der Waals surface area contributed by atoms with Gasteiger partial charge in [0.25, 0.3) is 0 Å². The summed E-state index contributed by atoms with van der Waals surface area (Å²) >= 11 is 1.57. The zero-order chi connectivity index (χ0) is 13.5. The van der Waals surface area contributed by atoms with Gasteiger partial charge in [0.05, 0.1) is 10.8 Å². The van der Waals surface area contributed by atoms with Crippen molar-refractivity contribution >= 4 is 23.3 Å². The summed E-state index contributed by atoms with van der Waals surface area (Å²) in [5.41, 5.74) is 11.7. The molecule has 0 saturated heterocycles. The lowest BCUT2D eigenvalue weighted by atomic mass is 10.1. The van der Waals surface area contributed by atoms with Gasteiger partial charge in [-0.1, -0.05) is 0 Å². The molecule has 1 aromatic rings. The fraction of sp³-hybridized carbons (Fsp3) is 0.417. The number of benzene rings is 1. The molecule has 1 heterocycles. The molecule has 0 fully saturated rings. The molecule has 0 amide bonds. The van der Waals surface area contributed by atoms with Crippen LogP contribution < -0.4 is 11.5 Å². The van der Waals surface area contributed by atoms with Gasteiger partial charge in [-0.15, -0.1) is 11.8 Å². The minimum atomic E-state index is -0.950. The highest BCUT2D eigenvalue weighted by Gasteiger charge is 2.32. The predicted molar refractivity (Wildman–Crippen MR) is 71.7 cm³/mol. The van der Waals surface area contributed by atoms with E-state index >= 15 is 0 Å². The highest BCUT2D eigenvalue weighted by atomic mass is 32.2. The summed E-state index contributed by atoms with van der Waals surface area (Å²) in [6.45, 7) is 3.89. The molecule has 0 bridgehead atoms. The third-order valence-corrected chi connectivity index (χ3v) is 4.36. The minimum Gasteiger partial charge on any atom is -0.399 e. The Labute approximate surface area is 109 Å². The standard InChI is InChI=1S/C12H15F2N3S/c1-12(2)11(16)17-9(5-18-12)7-3-6(15)4-8(13)10(7)14/h3-4,9H,5,15H2,1-2H3,(H2,16,17). The first-order valence-electron chi connectivity index (χ1n) is 5.53. The highest BCUT2D eigenvalue weighted by molar-refractivity contribution is 8.01. The molecule has 98 valence electrons. The largest absolute Gasteiger partial charge is 0.399 e. The quantitative estimate of drug-likeness (QED) is 0.771. The highest BCUT2D eigenvalue weighted by Crippen LogP contribution is 2.37. The molecule has 0 spiro atoms. The number of halogens is 2. The summed E-state index contributed by atoms with van der Waals surface area (Å²) in [6, 6.07) is 1.89. The van der Waals surface area contributed by atoms with Crippen molar-refractivity contribution in [2.45, 2.75) is 24.6 Å². The van der Waals surface area contributed by atoms with Crippen molar-refractivity contribution in [3.05, 3.63) is 29.3 Å². The van der Waals surface area contributed by atoms with E-state index in [2.05, 4.69) is 4.99 Å². The molecule has 0 aliphatic carbocycles. The first-order chi connectivity index (χ1) is 8.31. The maximum absolute atomic E-state index is 13.7. The summed E-state index contributed by atoms with van der Waals surface area (Å²) in [7, 11) is 0. The lowest BCUT2D eigenvalue weighted by Crippen LogP contribution is -2.39. The molecule has 0 aromatic heterocycles. The van der Waals surface area contributed by atoms with E-state index in [-0.39, 0.29) is 16.0 Å². The summed E-state index contributed by atoms with van der Waals surface area (Å²) in [4.78, 5) is 4.26. The molecule has 1 aromatic carbocycles. The van der Waals surface area contributed by atoms with Crippen molar-refractivity contribution in [2.75, 3.05) is 11.5 Å². The second-order valence-electron chi connectivity index (χ2n) is 4.76. The van der Waals surface area contributed by atoms with Crippen molar-refractivity contribution in [1.29, 1.82) is 0 Å². The van der Waals surface area contributed by atoms with Crippen LogP contribution in [0.3, 0.4) is 0 Å². The van der Waals surface area contributed by atoms with Crippen LogP contribution in [-0.2, 0) is 0 Å². The van der Waals surface area contributed by atoms with E-state index in [0.29, 0.717) is 11.6 Å². The molecule has 1 aliphatic rings. The molecule has 6 heteroatoms. The van der Waals surface area contributed by atoms with Crippen molar-refractivity contribution in [2.24, 2.45) is 10.7 Å². The van der Waals surface area contributed by atoms with Gasteiger partial charge in [0.1, 0.15) is 5.84 Å². The molecular weight excluding hydrogens is 256 g/mol. The number of anilines is 1. The SMILES string of the molecule is CC1(C)SCC(c2cc(N)cc(F)c2F)N=C1N. The molecule has 0 saturated carbocycles. The Bertz CT molecular complexity index is 514. The smallest absolute Gasteiger partial charge is 0.164 e. The predicted octanol–water partition coefficient (Wildman–Crippen LogP) is 2.47. The molecule has 4 N–H and O–H groups in total. The van der Waals surface area contributed by atoms with E-state index in [1.807, 2.05) is 13.8 Å². The molecule has 3 nitrogen and oxygen atoms in total. The molecule has 2 rings (SSSR count). The van der Waals surface area contributed by atoms with Crippen LogP contribution in [0, 0.1) is 11.6 Å². The molecule has 1 atom stereocenters. The number of rotatable bonds is 1. The van der Waals surface area contributed by atoms with Gasteiger partial charge in [-0.2, -0.15) is 0 Å². The Kier molecular flexibility index (Phi) is 3.23. The van der Waals surface area contributed by atoms with Crippen LogP contribution in [0.4, 0.5) is 14.5 Å². The monoisotopic (exact) mass is 271 g/mol. The Morgan fingerprint density at radius 3 is 2.61 bits per heavy atom. The number of nitrogens with zero attached hydrogens (tertiary/aromatic N) is 1. The average molecular weight is 271 g/mol.